The summed E-state index contributed by atoms with van der Waals surface area (Å²) in [5, 5.41) is 4.29. The van der Waals surface area contributed by atoms with Crippen LogP contribution in [0.5, 0.6) is 0 Å². The lowest BCUT2D eigenvalue weighted by atomic mass is 10.1. The van der Waals surface area contributed by atoms with Gasteiger partial charge in [-0.3, -0.25) is 14.5 Å². The normalized spacial score (nSPS) is 18.9. The summed E-state index contributed by atoms with van der Waals surface area (Å²) in [5.41, 5.74) is 3.01. The largest absolute Gasteiger partial charge is 0.417 e. The molecule has 4 rings (SSSR count). The molecule has 0 radical (unpaired) electrons. The van der Waals surface area contributed by atoms with E-state index in [2.05, 4.69) is 20.2 Å². The third kappa shape index (κ3) is 5.07. The highest BCUT2D eigenvalue weighted by molar-refractivity contribution is 7.13. The molecule has 1 aliphatic heterocycles. The molecule has 2 aromatic heterocycles. The molecule has 36 heavy (non-hydrogen) atoms. The maximum Gasteiger partial charge on any atom is 0.417 e. The second-order valence-electron chi connectivity index (χ2n) is 8.77. The number of nitrogens with zero attached hydrogens (tertiary/aromatic N) is 3. The molecular weight excluding hydrogens is 500 g/mol. The molecule has 4 N–H and O–H groups in total. The van der Waals surface area contributed by atoms with Gasteiger partial charge in [0.25, 0.3) is 5.91 Å². The molecule has 1 amide bonds. The third-order valence-electron chi connectivity index (χ3n) is 6.26. The lowest BCUT2D eigenvalue weighted by Gasteiger charge is -2.44. The minimum absolute atomic E-state index is 0.0449. The van der Waals surface area contributed by atoms with Gasteiger partial charge in [-0.05, 0) is 27.0 Å². The first-order chi connectivity index (χ1) is 16.8. The van der Waals surface area contributed by atoms with Gasteiger partial charge in [0, 0.05) is 54.4 Å². The van der Waals surface area contributed by atoms with E-state index >= 15 is 4.39 Å². The lowest BCUT2D eigenvalue weighted by molar-refractivity contribution is -0.138. The lowest BCUT2D eigenvalue weighted by Crippen LogP contribution is -2.55. The van der Waals surface area contributed by atoms with Gasteiger partial charge in [-0.2, -0.15) is 13.2 Å². The number of alkyl halides is 3. The molecule has 2 atom stereocenters. The number of aromatic nitrogens is 2. The average molecular weight is 525 g/mol. The molecular formula is C23H24F4N6O2S. The Morgan fingerprint density at radius 1 is 1.22 bits per heavy atom. The van der Waals surface area contributed by atoms with Gasteiger partial charge in [0.1, 0.15) is 16.6 Å². The van der Waals surface area contributed by atoms with Crippen LogP contribution in [0, 0.1) is 5.82 Å². The van der Waals surface area contributed by atoms with Crippen LogP contribution >= 0.6 is 11.3 Å². The fourth-order valence-electron chi connectivity index (χ4n) is 4.18. The topological polar surface area (TPSA) is 107 Å². The van der Waals surface area contributed by atoms with E-state index < -0.39 is 34.6 Å². The smallest absolute Gasteiger partial charge is 0.383 e. The Bertz CT molecular complexity index is 1340. The van der Waals surface area contributed by atoms with Crippen molar-refractivity contribution in [3.8, 4) is 10.6 Å². The molecule has 0 unspecified atom stereocenters. The minimum atomic E-state index is -4.93. The van der Waals surface area contributed by atoms with Crippen molar-refractivity contribution < 1.29 is 22.4 Å². The van der Waals surface area contributed by atoms with Gasteiger partial charge in [-0.1, -0.05) is 0 Å². The molecule has 0 bridgehead atoms. The fraction of sp³-hybridized carbons (Fsp3) is 0.348. The average Bonchev–Trinajstić information content (AvgIpc) is 3.23. The molecule has 3 heterocycles. The molecule has 13 heteroatoms. The number of amides is 1. The number of hydrogen-bond acceptors (Lipinski definition) is 7. The molecule has 1 aromatic carbocycles. The van der Waals surface area contributed by atoms with E-state index in [0.717, 1.165) is 11.3 Å². The number of aromatic amines is 1. The van der Waals surface area contributed by atoms with Gasteiger partial charge in [-0.25, -0.2) is 9.37 Å². The van der Waals surface area contributed by atoms with E-state index in [0.29, 0.717) is 31.0 Å². The number of nitrogens with one attached hydrogen (secondary N) is 2. The number of anilines is 3. The van der Waals surface area contributed by atoms with E-state index in [9.17, 15) is 22.8 Å². The maximum absolute atomic E-state index is 15.3. The number of nitrogens with two attached hydrogens (primary N) is 1. The molecule has 0 spiro atoms. The van der Waals surface area contributed by atoms with Crippen molar-refractivity contribution >= 4 is 34.4 Å². The Hall–Kier alpha value is -3.45. The summed E-state index contributed by atoms with van der Waals surface area (Å²) >= 11 is 1.09. The zero-order chi connectivity index (χ0) is 26.4. The minimum Gasteiger partial charge on any atom is -0.383 e. The number of thiazole rings is 1. The highest BCUT2D eigenvalue weighted by Gasteiger charge is 2.36. The van der Waals surface area contributed by atoms with Gasteiger partial charge in [0.15, 0.2) is 0 Å². The van der Waals surface area contributed by atoms with E-state index in [1.165, 1.54) is 17.5 Å². The van der Waals surface area contributed by atoms with Crippen LogP contribution in [-0.4, -0.2) is 53.0 Å². The molecule has 3 aromatic rings. The zero-order valence-corrected chi connectivity index (χ0v) is 20.4. The number of piperazine rings is 1. The standard InChI is InChI=1S/C23H24F4N6O2S/c1-11-8-33(9-12(2)32(11)3)18-6-16(24)13(22-31-19(28)10-36-22)4-17(18)30-21(35)14-7-29-20(34)5-15(14)23(25,26)27/h4-7,10-12H,8-9,28H2,1-3H3,(H,29,34)(H,30,35)/t11-,12+. The Labute approximate surface area is 207 Å². The summed E-state index contributed by atoms with van der Waals surface area (Å²) < 4.78 is 55.9. The van der Waals surface area contributed by atoms with Gasteiger partial charge >= 0.3 is 6.18 Å². The predicted octanol–water partition coefficient (Wildman–Crippen LogP) is 4.02. The van der Waals surface area contributed by atoms with Crippen LogP contribution in [0.3, 0.4) is 0 Å². The van der Waals surface area contributed by atoms with E-state index in [1.54, 1.807) is 0 Å². The van der Waals surface area contributed by atoms with Crippen LogP contribution in [0.4, 0.5) is 34.8 Å². The quantitative estimate of drug-likeness (QED) is 0.445. The van der Waals surface area contributed by atoms with Crippen LogP contribution < -0.4 is 21.5 Å². The highest BCUT2D eigenvalue weighted by atomic mass is 32.1. The summed E-state index contributed by atoms with van der Waals surface area (Å²) in [6, 6.07) is 3.09. The number of likely N-dealkylation sites (N-methyl/N-ethyl adjacent to an activating group) is 1. The number of carbonyl (C=O) groups is 1. The molecule has 192 valence electrons. The Kier molecular flexibility index (Phi) is 6.80. The second kappa shape index (κ2) is 9.54. The third-order valence-corrected chi connectivity index (χ3v) is 7.15. The van der Waals surface area contributed by atoms with Crippen LogP contribution in [0.2, 0.25) is 0 Å². The van der Waals surface area contributed by atoms with Crippen molar-refractivity contribution in [2.45, 2.75) is 32.1 Å². The van der Waals surface area contributed by atoms with E-state index in [4.69, 9.17) is 5.73 Å². The second-order valence-corrected chi connectivity index (χ2v) is 9.63. The van der Waals surface area contributed by atoms with Crippen LogP contribution in [0.25, 0.3) is 10.6 Å². The van der Waals surface area contributed by atoms with Crippen LogP contribution in [0.15, 0.2) is 34.6 Å². The van der Waals surface area contributed by atoms with E-state index in [-0.39, 0.29) is 34.2 Å². The summed E-state index contributed by atoms with van der Waals surface area (Å²) in [6.07, 6.45) is -4.22. The number of benzene rings is 1. The number of hydrogen-bond donors (Lipinski definition) is 3. The van der Waals surface area contributed by atoms with Gasteiger partial charge in [0.2, 0.25) is 5.56 Å². The number of H-pyrrole nitrogens is 1. The van der Waals surface area contributed by atoms with E-state index in [1.807, 2.05) is 25.8 Å². The summed E-state index contributed by atoms with van der Waals surface area (Å²) in [7, 11) is 1.97. The fourth-order valence-corrected chi connectivity index (χ4v) is 4.91. The summed E-state index contributed by atoms with van der Waals surface area (Å²) in [5.74, 6) is -1.53. The molecule has 8 nitrogen and oxygen atoms in total. The molecule has 0 aliphatic carbocycles. The monoisotopic (exact) mass is 524 g/mol. The number of rotatable bonds is 4. The molecule has 1 saturated heterocycles. The van der Waals surface area contributed by atoms with Gasteiger partial charge in [0.05, 0.1) is 22.5 Å². The SMILES string of the molecule is C[C@@H]1CN(c2cc(F)c(-c3nc(N)cs3)cc2NC(=O)c2c[nH]c(=O)cc2C(F)(F)F)C[C@H](C)N1C. The Morgan fingerprint density at radius 3 is 2.47 bits per heavy atom. The summed E-state index contributed by atoms with van der Waals surface area (Å²) in [6.45, 7) is 5.00. The zero-order valence-electron chi connectivity index (χ0n) is 19.6. The Morgan fingerprint density at radius 2 is 1.89 bits per heavy atom. The number of pyridine rings is 1. The van der Waals surface area contributed by atoms with Gasteiger partial charge in [-0.15, -0.1) is 11.3 Å². The Balaban J connectivity index is 1.80. The predicted molar refractivity (Wildman–Crippen MR) is 131 cm³/mol. The van der Waals surface area contributed by atoms with Crippen molar-refractivity contribution in [3.63, 3.8) is 0 Å². The van der Waals surface area contributed by atoms with Crippen molar-refractivity contribution in [1.82, 2.24) is 14.9 Å². The van der Waals surface area contributed by atoms with Crippen molar-refractivity contribution in [2.24, 2.45) is 0 Å². The first-order valence-electron chi connectivity index (χ1n) is 11.0. The van der Waals surface area contributed by atoms with Crippen molar-refractivity contribution in [2.75, 3.05) is 36.1 Å². The van der Waals surface area contributed by atoms with Crippen molar-refractivity contribution in [1.29, 1.82) is 0 Å². The number of nitrogen functional groups attached to an aromatic ring is 1. The van der Waals surface area contributed by atoms with Crippen LogP contribution in [-0.2, 0) is 6.18 Å². The summed E-state index contributed by atoms with van der Waals surface area (Å²) in [4.78, 5) is 34.8. The van der Waals surface area contributed by atoms with Crippen LogP contribution in [0.1, 0.15) is 29.8 Å². The first-order valence-corrected chi connectivity index (χ1v) is 11.9. The highest BCUT2D eigenvalue weighted by Crippen LogP contribution is 2.38. The molecule has 0 saturated carbocycles. The maximum atomic E-state index is 15.3. The first kappa shape index (κ1) is 25.6. The van der Waals surface area contributed by atoms with Crippen molar-refractivity contribution in [3.05, 3.63) is 57.1 Å². The molecule has 1 aliphatic rings. The number of carbonyl (C=O) groups excluding carboxylic acids is 1. The van der Waals surface area contributed by atoms with Gasteiger partial charge < -0.3 is 20.9 Å². The molecule has 1 fully saturated rings. The number of halogens is 4.